The molecule has 6 nitrogen and oxygen atoms in total. The van der Waals surface area contributed by atoms with Gasteiger partial charge >= 0.3 is 5.97 Å². The number of carbonyl (C=O) groups is 2. The highest BCUT2D eigenvalue weighted by Gasteiger charge is 2.06. The molecule has 0 saturated heterocycles. The molecule has 0 radical (unpaired) electrons. The van der Waals surface area contributed by atoms with Gasteiger partial charge in [-0.1, -0.05) is 11.6 Å². The molecule has 0 atom stereocenters. The first-order chi connectivity index (χ1) is 11.1. The molecule has 0 unspecified atom stereocenters. The molecular weight excluding hydrogens is 320 g/mol. The summed E-state index contributed by atoms with van der Waals surface area (Å²) < 4.78 is 10.2. The highest BCUT2D eigenvalue weighted by Crippen LogP contribution is 2.15. The van der Waals surface area contributed by atoms with Crippen molar-refractivity contribution in [1.29, 1.82) is 0 Å². The van der Waals surface area contributed by atoms with Crippen LogP contribution in [-0.4, -0.2) is 36.6 Å². The molecule has 0 fully saturated rings. The normalized spacial score (nSPS) is 9.96. The Balaban J connectivity index is 1.61. The maximum Gasteiger partial charge on any atom is 0.344 e. The number of hydrogen-bond acceptors (Lipinski definition) is 5. The standard InChI is InChI=1S/C16H15ClN2O4/c17-13-1-3-14(4-2-13)23-11-15(20)22-10-9-19-16(21)12-5-7-18-8-6-12/h1-8H,9-11H2,(H,19,21). The minimum Gasteiger partial charge on any atom is -0.482 e. The van der Waals surface area contributed by atoms with E-state index in [0.29, 0.717) is 16.3 Å². The van der Waals surface area contributed by atoms with Crippen molar-refractivity contribution >= 4 is 23.5 Å². The lowest BCUT2D eigenvalue weighted by Crippen LogP contribution is -2.28. The van der Waals surface area contributed by atoms with Gasteiger partial charge in [-0.05, 0) is 36.4 Å². The minimum atomic E-state index is -0.516. The average Bonchev–Trinajstić information content (AvgIpc) is 2.59. The zero-order chi connectivity index (χ0) is 16.5. The van der Waals surface area contributed by atoms with E-state index in [1.165, 1.54) is 12.4 Å². The summed E-state index contributed by atoms with van der Waals surface area (Å²) in [6.07, 6.45) is 3.06. The van der Waals surface area contributed by atoms with Gasteiger partial charge in [0.25, 0.3) is 5.91 Å². The lowest BCUT2D eigenvalue weighted by molar-refractivity contribution is -0.145. The Morgan fingerprint density at radius 1 is 1.09 bits per heavy atom. The molecule has 23 heavy (non-hydrogen) atoms. The van der Waals surface area contributed by atoms with Crippen LogP contribution < -0.4 is 10.1 Å². The van der Waals surface area contributed by atoms with Crippen molar-refractivity contribution in [1.82, 2.24) is 10.3 Å². The fourth-order valence-corrected chi connectivity index (χ4v) is 1.78. The Labute approximate surface area is 138 Å². The van der Waals surface area contributed by atoms with Gasteiger partial charge < -0.3 is 14.8 Å². The van der Waals surface area contributed by atoms with Crippen molar-refractivity contribution in [3.63, 3.8) is 0 Å². The summed E-state index contributed by atoms with van der Waals surface area (Å²) in [5.74, 6) is -0.240. The van der Waals surface area contributed by atoms with Crippen molar-refractivity contribution in [2.45, 2.75) is 0 Å². The van der Waals surface area contributed by atoms with Crippen LogP contribution in [-0.2, 0) is 9.53 Å². The van der Waals surface area contributed by atoms with Gasteiger partial charge in [0.15, 0.2) is 6.61 Å². The monoisotopic (exact) mass is 334 g/mol. The van der Waals surface area contributed by atoms with Gasteiger partial charge in [0.05, 0.1) is 6.54 Å². The van der Waals surface area contributed by atoms with E-state index in [9.17, 15) is 9.59 Å². The Bertz CT molecular complexity index is 647. The molecule has 120 valence electrons. The van der Waals surface area contributed by atoms with Crippen molar-refractivity contribution < 1.29 is 19.1 Å². The third kappa shape index (κ3) is 5.96. The number of hydrogen-bond donors (Lipinski definition) is 1. The second-order valence-corrected chi connectivity index (χ2v) is 4.89. The fourth-order valence-electron chi connectivity index (χ4n) is 1.65. The first-order valence-corrected chi connectivity index (χ1v) is 7.25. The molecule has 1 heterocycles. The second-order valence-electron chi connectivity index (χ2n) is 4.45. The first-order valence-electron chi connectivity index (χ1n) is 6.87. The van der Waals surface area contributed by atoms with E-state index in [2.05, 4.69) is 10.3 Å². The number of nitrogens with zero attached hydrogens (tertiary/aromatic N) is 1. The van der Waals surface area contributed by atoms with E-state index in [1.54, 1.807) is 36.4 Å². The molecule has 2 rings (SSSR count). The molecule has 1 aromatic carbocycles. The fraction of sp³-hybridized carbons (Fsp3) is 0.188. The summed E-state index contributed by atoms with van der Waals surface area (Å²) in [6.45, 7) is 0.0768. The largest absolute Gasteiger partial charge is 0.482 e. The quantitative estimate of drug-likeness (QED) is 0.619. The van der Waals surface area contributed by atoms with Crippen LogP contribution >= 0.6 is 11.6 Å². The summed E-state index contributed by atoms with van der Waals surface area (Å²) in [7, 11) is 0. The molecule has 7 heteroatoms. The van der Waals surface area contributed by atoms with Crippen LogP contribution in [0.3, 0.4) is 0 Å². The molecule has 1 amide bonds. The van der Waals surface area contributed by atoms with E-state index in [1.807, 2.05) is 0 Å². The van der Waals surface area contributed by atoms with Crippen LogP contribution in [0.1, 0.15) is 10.4 Å². The van der Waals surface area contributed by atoms with Gasteiger partial charge in [-0.2, -0.15) is 0 Å². The number of esters is 1. The van der Waals surface area contributed by atoms with Gasteiger partial charge in [0.1, 0.15) is 12.4 Å². The van der Waals surface area contributed by atoms with Crippen LogP contribution in [0.25, 0.3) is 0 Å². The number of benzene rings is 1. The Morgan fingerprint density at radius 3 is 2.48 bits per heavy atom. The molecule has 0 bridgehead atoms. The van der Waals surface area contributed by atoms with Gasteiger partial charge in [-0.25, -0.2) is 4.79 Å². The van der Waals surface area contributed by atoms with E-state index in [0.717, 1.165) is 0 Å². The summed E-state index contributed by atoms with van der Waals surface area (Å²) >= 11 is 5.74. The highest BCUT2D eigenvalue weighted by molar-refractivity contribution is 6.30. The molecule has 0 spiro atoms. The van der Waals surface area contributed by atoms with Crippen molar-refractivity contribution in [3.8, 4) is 5.75 Å². The Hall–Kier alpha value is -2.60. The molecule has 2 aromatic rings. The van der Waals surface area contributed by atoms with E-state index in [-0.39, 0.29) is 25.7 Å². The lowest BCUT2D eigenvalue weighted by atomic mass is 10.2. The lowest BCUT2D eigenvalue weighted by Gasteiger charge is -2.08. The Morgan fingerprint density at radius 2 is 1.78 bits per heavy atom. The molecular formula is C16H15ClN2O4. The summed E-state index contributed by atoms with van der Waals surface area (Å²) in [6, 6.07) is 9.84. The average molecular weight is 335 g/mol. The third-order valence-electron chi connectivity index (χ3n) is 2.76. The zero-order valence-corrected chi connectivity index (χ0v) is 13.0. The predicted molar refractivity (Wildman–Crippen MR) is 84.5 cm³/mol. The van der Waals surface area contributed by atoms with Crippen LogP contribution in [0.15, 0.2) is 48.8 Å². The van der Waals surface area contributed by atoms with Gasteiger partial charge in [0.2, 0.25) is 0 Å². The number of halogens is 1. The predicted octanol–water partition coefficient (Wildman–Crippen LogP) is 2.09. The van der Waals surface area contributed by atoms with Crippen LogP contribution in [0, 0.1) is 0 Å². The van der Waals surface area contributed by atoms with Gasteiger partial charge in [-0.3, -0.25) is 9.78 Å². The molecule has 0 aliphatic carbocycles. The topological polar surface area (TPSA) is 77.5 Å². The number of rotatable bonds is 7. The third-order valence-corrected chi connectivity index (χ3v) is 3.02. The molecule has 0 aliphatic heterocycles. The van der Waals surface area contributed by atoms with Crippen molar-refractivity contribution in [2.75, 3.05) is 19.8 Å². The summed E-state index contributed by atoms with van der Waals surface area (Å²) in [4.78, 5) is 27.0. The van der Waals surface area contributed by atoms with E-state index in [4.69, 9.17) is 21.1 Å². The number of aromatic nitrogens is 1. The maximum absolute atomic E-state index is 11.7. The van der Waals surface area contributed by atoms with E-state index < -0.39 is 5.97 Å². The molecule has 1 N–H and O–H groups in total. The van der Waals surface area contributed by atoms with Crippen LogP contribution in [0.2, 0.25) is 5.02 Å². The number of pyridine rings is 1. The number of ether oxygens (including phenoxy) is 2. The summed E-state index contributed by atoms with van der Waals surface area (Å²) in [5.41, 5.74) is 0.498. The SMILES string of the molecule is O=C(COc1ccc(Cl)cc1)OCCNC(=O)c1ccncc1. The maximum atomic E-state index is 11.7. The smallest absolute Gasteiger partial charge is 0.344 e. The van der Waals surface area contributed by atoms with Crippen LogP contribution in [0.5, 0.6) is 5.75 Å². The van der Waals surface area contributed by atoms with Crippen molar-refractivity contribution in [2.24, 2.45) is 0 Å². The first kappa shape index (κ1) is 16.8. The summed E-state index contributed by atoms with van der Waals surface area (Å²) in [5, 5.41) is 3.22. The Kier molecular flexibility index (Phi) is 6.38. The highest BCUT2D eigenvalue weighted by atomic mass is 35.5. The van der Waals surface area contributed by atoms with Crippen molar-refractivity contribution in [3.05, 3.63) is 59.4 Å². The molecule has 0 aliphatic rings. The van der Waals surface area contributed by atoms with Crippen LogP contribution in [0.4, 0.5) is 0 Å². The zero-order valence-electron chi connectivity index (χ0n) is 12.2. The number of carbonyl (C=O) groups excluding carboxylic acids is 2. The van der Waals surface area contributed by atoms with Gasteiger partial charge in [0, 0.05) is 23.0 Å². The van der Waals surface area contributed by atoms with E-state index >= 15 is 0 Å². The molecule has 0 saturated carbocycles. The minimum absolute atomic E-state index is 0.0691. The number of nitrogens with one attached hydrogen (secondary N) is 1. The molecule has 1 aromatic heterocycles. The number of amides is 1. The second kappa shape index (κ2) is 8.75. The van der Waals surface area contributed by atoms with Gasteiger partial charge in [-0.15, -0.1) is 0 Å².